The number of likely N-dealkylation sites (N-methyl/N-ethyl adjacent to an activating group) is 1. The molecule has 1 N–H and O–H groups in total. The minimum atomic E-state index is -3.45. The molecule has 116 valence electrons. The van der Waals surface area contributed by atoms with Crippen LogP contribution < -0.4 is 5.32 Å². The van der Waals surface area contributed by atoms with E-state index >= 15 is 0 Å². The van der Waals surface area contributed by atoms with Crippen molar-refractivity contribution in [1.82, 2.24) is 9.62 Å². The van der Waals surface area contributed by atoms with E-state index in [0.717, 1.165) is 12.8 Å². The van der Waals surface area contributed by atoms with Crippen LogP contribution in [0, 0.1) is 10.1 Å². The molecule has 0 aromatic heterocycles. The monoisotopic (exact) mass is 313 g/mol. The Balaban J connectivity index is 2.13. The van der Waals surface area contributed by atoms with E-state index in [1.807, 2.05) is 7.05 Å². The largest absolute Gasteiger partial charge is 0.316 e. The van der Waals surface area contributed by atoms with Gasteiger partial charge in [0, 0.05) is 31.3 Å². The Morgan fingerprint density at radius 3 is 2.90 bits per heavy atom. The number of nitro benzene ring substituents is 1. The van der Waals surface area contributed by atoms with Gasteiger partial charge < -0.3 is 5.32 Å². The van der Waals surface area contributed by atoms with Crippen molar-refractivity contribution in [2.75, 3.05) is 20.1 Å². The van der Waals surface area contributed by atoms with E-state index in [1.165, 1.54) is 22.5 Å². The van der Waals surface area contributed by atoms with E-state index in [0.29, 0.717) is 18.7 Å². The molecule has 1 fully saturated rings. The van der Waals surface area contributed by atoms with Gasteiger partial charge in [0.05, 0.1) is 10.7 Å². The average molecular weight is 313 g/mol. The Morgan fingerprint density at radius 2 is 2.24 bits per heavy atom. The van der Waals surface area contributed by atoms with Crippen LogP contribution in [0.3, 0.4) is 0 Å². The van der Waals surface area contributed by atoms with E-state index < -0.39 is 14.9 Å². The maximum atomic E-state index is 12.4. The van der Waals surface area contributed by atoms with E-state index in [1.54, 1.807) is 6.07 Å². The molecule has 1 aromatic rings. The van der Waals surface area contributed by atoms with Gasteiger partial charge in [-0.25, -0.2) is 12.7 Å². The van der Waals surface area contributed by atoms with Gasteiger partial charge in [0.2, 0.25) is 10.0 Å². The lowest BCUT2D eigenvalue weighted by molar-refractivity contribution is -0.384. The lowest BCUT2D eigenvalue weighted by atomic mass is 10.1. The van der Waals surface area contributed by atoms with Crippen molar-refractivity contribution in [3.8, 4) is 0 Å². The molecule has 1 heterocycles. The Hall–Kier alpha value is -1.51. The van der Waals surface area contributed by atoms with E-state index in [9.17, 15) is 18.5 Å². The topological polar surface area (TPSA) is 92.6 Å². The molecule has 0 saturated carbocycles. The van der Waals surface area contributed by atoms with Gasteiger partial charge in [-0.2, -0.15) is 0 Å². The van der Waals surface area contributed by atoms with Crippen molar-refractivity contribution in [1.29, 1.82) is 0 Å². The standard InChI is InChI=1S/C13H19N3O4S/c1-14-12-5-3-7-15(9-12)21(19,20)10-11-4-2-6-13(8-11)16(17)18/h2,4,6,8,12,14H,3,5,7,9-10H2,1H3. The summed E-state index contributed by atoms with van der Waals surface area (Å²) in [5.74, 6) is -0.203. The molecule has 0 aliphatic carbocycles. The Kier molecular flexibility index (Phi) is 4.92. The molecule has 1 unspecified atom stereocenters. The second kappa shape index (κ2) is 6.50. The number of nitrogens with zero attached hydrogens (tertiary/aromatic N) is 2. The average Bonchev–Trinajstić information content (AvgIpc) is 2.47. The van der Waals surface area contributed by atoms with Crippen LogP contribution in [0.4, 0.5) is 5.69 Å². The Morgan fingerprint density at radius 1 is 1.48 bits per heavy atom. The van der Waals surface area contributed by atoms with Gasteiger partial charge in [-0.1, -0.05) is 12.1 Å². The van der Waals surface area contributed by atoms with Crippen LogP contribution in [0.25, 0.3) is 0 Å². The highest BCUT2D eigenvalue weighted by atomic mass is 32.2. The summed E-state index contributed by atoms with van der Waals surface area (Å²) in [6.45, 7) is 0.962. The molecule has 1 aliphatic rings. The second-order valence-electron chi connectivity index (χ2n) is 5.17. The highest BCUT2D eigenvalue weighted by Gasteiger charge is 2.28. The van der Waals surface area contributed by atoms with Gasteiger partial charge >= 0.3 is 0 Å². The number of piperidine rings is 1. The molecular formula is C13H19N3O4S. The molecule has 8 heteroatoms. The van der Waals surface area contributed by atoms with Crippen LogP contribution in [0.5, 0.6) is 0 Å². The lowest BCUT2D eigenvalue weighted by Crippen LogP contribution is -2.47. The van der Waals surface area contributed by atoms with Gasteiger partial charge in [0.1, 0.15) is 0 Å². The third-order valence-electron chi connectivity index (χ3n) is 3.66. The van der Waals surface area contributed by atoms with Crippen molar-refractivity contribution in [2.24, 2.45) is 0 Å². The fourth-order valence-electron chi connectivity index (χ4n) is 2.49. The Bertz CT molecular complexity index is 618. The fraction of sp³-hybridized carbons (Fsp3) is 0.538. The van der Waals surface area contributed by atoms with Gasteiger partial charge in [0.15, 0.2) is 0 Å². The number of nitro groups is 1. The number of non-ortho nitro benzene ring substituents is 1. The highest BCUT2D eigenvalue weighted by Crippen LogP contribution is 2.20. The number of hydrogen-bond acceptors (Lipinski definition) is 5. The minimum absolute atomic E-state index is 0.0885. The highest BCUT2D eigenvalue weighted by molar-refractivity contribution is 7.88. The number of rotatable bonds is 5. The van der Waals surface area contributed by atoms with Crippen LogP contribution in [0.15, 0.2) is 24.3 Å². The number of nitrogens with one attached hydrogen (secondary N) is 1. The van der Waals surface area contributed by atoms with Crippen molar-refractivity contribution < 1.29 is 13.3 Å². The lowest BCUT2D eigenvalue weighted by Gasteiger charge is -2.31. The molecule has 0 bridgehead atoms. The quantitative estimate of drug-likeness (QED) is 0.649. The third-order valence-corrected chi connectivity index (χ3v) is 5.47. The summed E-state index contributed by atoms with van der Waals surface area (Å²) >= 11 is 0. The summed E-state index contributed by atoms with van der Waals surface area (Å²) in [5.41, 5.74) is 0.352. The van der Waals surface area contributed by atoms with Crippen LogP contribution in [-0.2, 0) is 15.8 Å². The van der Waals surface area contributed by atoms with Crippen LogP contribution in [-0.4, -0.2) is 43.8 Å². The molecule has 0 amide bonds. The first-order valence-corrected chi connectivity index (χ1v) is 8.42. The van der Waals surface area contributed by atoms with Crippen molar-refractivity contribution >= 4 is 15.7 Å². The van der Waals surface area contributed by atoms with Gasteiger partial charge in [0.25, 0.3) is 5.69 Å². The smallest absolute Gasteiger partial charge is 0.269 e. The molecule has 21 heavy (non-hydrogen) atoms. The zero-order chi connectivity index (χ0) is 15.5. The zero-order valence-electron chi connectivity index (χ0n) is 11.9. The maximum Gasteiger partial charge on any atom is 0.269 e. The fourth-order valence-corrected chi connectivity index (χ4v) is 4.09. The first kappa shape index (κ1) is 15.9. The van der Waals surface area contributed by atoms with E-state index in [2.05, 4.69) is 5.32 Å². The molecule has 2 rings (SSSR count). The van der Waals surface area contributed by atoms with Crippen LogP contribution in [0.2, 0.25) is 0 Å². The first-order chi connectivity index (χ1) is 9.92. The number of benzene rings is 1. The van der Waals surface area contributed by atoms with Gasteiger partial charge in [-0.3, -0.25) is 10.1 Å². The normalized spacial score (nSPS) is 20.3. The summed E-state index contributed by atoms with van der Waals surface area (Å²) in [6, 6.07) is 5.95. The summed E-state index contributed by atoms with van der Waals surface area (Å²) < 4.78 is 26.3. The molecule has 1 saturated heterocycles. The first-order valence-electron chi connectivity index (χ1n) is 6.81. The van der Waals surface area contributed by atoms with Gasteiger partial charge in [-0.15, -0.1) is 0 Å². The molecule has 1 atom stereocenters. The molecule has 0 radical (unpaired) electrons. The summed E-state index contributed by atoms with van der Waals surface area (Å²) in [6.07, 6.45) is 1.78. The molecule has 0 spiro atoms. The minimum Gasteiger partial charge on any atom is -0.316 e. The second-order valence-corrected chi connectivity index (χ2v) is 7.14. The van der Waals surface area contributed by atoms with Crippen molar-refractivity contribution in [2.45, 2.75) is 24.6 Å². The van der Waals surface area contributed by atoms with Gasteiger partial charge in [-0.05, 0) is 25.5 Å². The maximum absolute atomic E-state index is 12.4. The third kappa shape index (κ3) is 3.99. The van der Waals surface area contributed by atoms with Crippen LogP contribution >= 0.6 is 0 Å². The van der Waals surface area contributed by atoms with E-state index in [4.69, 9.17) is 0 Å². The Labute approximate surface area is 124 Å². The SMILES string of the molecule is CNC1CCCN(S(=O)(=O)Cc2cccc([N+](=O)[O-])c2)C1. The van der Waals surface area contributed by atoms with Crippen molar-refractivity contribution in [3.63, 3.8) is 0 Å². The van der Waals surface area contributed by atoms with Crippen molar-refractivity contribution in [3.05, 3.63) is 39.9 Å². The molecule has 1 aromatic carbocycles. The molecule has 7 nitrogen and oxygen atoms in total. The van der Waals surface area contributed by atoms with Crippen LogP contribution in [0.1, 0.15) is 18.4 Å². The van der Waals surface area contributed by atoms with E-state index in [-0.39, 0.29) is 17.5 Å². The predicted molar refractivity (Wildman–Crippen MR) is 79.4 cm³/mol. The summed E-state index contributed by atoms with van der Waals surface area (Å²) in [5, 5.41) is 13.8. The zero-order valence-corrected chi connectivity index (χ0v) is 12.7. The number of hydrogen-bond donors (Lipinski definition) is 1. The molecular weight excluding hydrogens is 294 g/mol. The molecule has 1 aliphatic heterocycles. The summed E-state index contributed by atoms with van der Waals surface area (Å²) in [7, 11) is -1.63. The summed E-state index contributed by atoms with van der Waals surface area (Å²) in [4.78, 5) is 10.2. The predicted octanol–water partition coefficient (Wildman–Crippen LogP) is 1.11. The number of sulfonamides is 1.